The third-order valence-corrected chi connectivity index (χ3v) is 7.16. The van der Waals surface area contributed by atoms with E-state index in [2.05, 4.69) is 14.7 Å². The number of pyridine rings is 2. The minimum absolute atomic E-state index is 0.00154. The number of hydrogen-bond donors (Lipinski definition) is 1. The van der Waals surface area contributed by atoms with Crippen molar-refractivity contribution in [3.63, 3.8) is 0 Å². The first-order valence-corrected chi connectivity index (χ1v) is 15.9. The van der Waals surface area contributed by atoms with E-state index in [1.165, 1.54) is 32.5 Å². The molecule has 0 saturated heterocycles. The first kappa shape index (κ1) is 39.2. The number of nitrogen functional groups attached to an aromatic ring is 1. The molecule has 53 heavy (non-hydrogen) atoms. The first-order valence-electron chi connectivity index (χ1n) is 15.5. The van der Waals surface area contributed by atoms with E-state index in [0.29, 0.717) is 56.1 Å². The summed E-state index contributed by atoms with van der Waals surface area (Å²) in [5.41, 5.74) is 6.24. The number of carbonyl (C=O) groups is 2. The van der Waals surface area contributed by atoms with Crippen molar-refractivity contribution < 1.29 is 38.4 Å². The van der Waals surface area contributed by atoms with Crippen LogP contribution in [0.5, 0.6) is 23.0 Å². The van der Waals surface area contributed by atoms with Gasteiger partial charge in [0.05, 0.1) is 32.7 Å². The van der Waals surface area contributed by atoms with Gasteiger partial charge in [0, 0.05) is 61.7 Å². The zero-order valence-electron chi connectivity index (χ0n) is 28.3. The van der Waals surface area contributed by atoms with E-state index < -0.39 is 15.1 Å². The number of nitrogens with two attached hydrogens (primary N) is 1. The normalized spacial score (nSPS) is 10.3. The number of nitro benzene ring substituents is 2. The zero-order valence-corrected chi connectivity index (χ0v) is 29.1. The molecule has 6 rings (SSSR count). The van der Waals surface area contributed by atoms with Crippen molar-refractivity contribution in [1.29, 1.82) is 0 Å². The number of ketones is 1. The van der Waals surface area contributed by atoms with E-state index >= 15 is 0 Å². The van der Waals surface area contributed by atoms with Crippen molar-refractivity contribution in [2.24, 2.45) is 0 Å². The summed E-state index contributed by atoms with van der Waals surface area (Å²) in [6.07, 6.45) is 3.24. The van der Waals surface area contributed by atoms with E-state index in [9.17, 15) is 29.8 Å². The zero-order chi connectivity index (χ0) is 38.3. The fourth-order valence-corrected chi connectivity index (χ4v) is 5.01. The maximum Gasteiger partial charge on any atom is 0.277 e. The quantitative estimate of drug-likeness (QED) is 0.0728. The maximum absolute atomic E-state index is 11.7. The molecular formula is C37H32ClN5O10. The number of non-ortho nitro benzene ring substituents is 2. The molecule has 2 heterocycles. The molecule has 2 aromatic heterocycles. The summed E-state index contributed by atoms with van der Waals surface area (Å²) < 4.78 is 20.8. The van der Waals surface area contributed by atoms with Crippen molar-refractivity contribution in [3.8, 4) is 23.0 Å². The summed E-state index contributed by atoms with van der Waals surface area (Å²) in [7, 11) is 2.88. The number of nitro groups is 2. The predicted molar refractivity (Wildman–Crippen MR) is 198 cm³/mol. The van der Waals surface area contributed by atoms with Gasteiger partial charge >= 0.3 is 0 Å². The van der Waals surface area contributed by atoms with Crippen molar-refractivity contribution >= 4 is 61.4 Å². The molecule has 0 aliphatic carbocycles. The number of anilines is 1. The average Bonchev–Trinajstić information content (AvgIpc) is 3.12. The van der Waals surface area contributed by atoms with Crippen molar-refractivity contribution in [2.75, 3.05) is 33.2 Å². The van der Waals surface area contributed by atoms with Gasteiger partial charge in [-0.2, -0.15) is 0 Å². The van der Waals surface area contributed by atoms with Gasteiger partial charge in [-0.1, -0.05) is 36.4 Å². The average molecular weight is 742 g/mol. The number of carbonyl (C=O) groups excluding carboxylic acids is 2. The molecule has 0 atom stereocenters. The van der Waals surface area contributed by atoms with Crippen LogP contribution in [0, 0.1) is 20.2 Å². The number of benzene rings is 4. The molecule has 0 bridgehead atoms. The molecule has 2 N–H and O–H groups in total. The highest BCUT2D eigenvalue weighted by molar-refractivity contribution is 6.63. The lowest BCUT2D eigenvalue weighted by atomic mass is 10.1. The van der Waals surface area contributed by atoms with Gasteiger partial charge in [-0.05, 0) is 48.0 Å². The summed E-state index contributed by atoms with van der Waals surface area (Å²) >= 11 is 4.81. The van der Waals surface area contributed by atoms with Gasteiger partial charge in [-0.3, -0.25) is 34.8 Å². The number of nitrogens with zero attached hydrogens (tertiary/aromatic N) is 4. The largest absolute Gasteiger partial charge is 0.457 e. The highest BCUT2D eigenvalue weighted by atomic mass is 35.5. The van der Waals surface area contributed by atoms with Crippen LogP contribution >= 0.6 is 11.6 Å². The van der Waals surface area contributed by atoms with Gasteiger partial charge in [0.1, 0.15) is 42.0 Å². The standard InChI is InChI=1S/C19H16N2O5.C15H11N3O3.C3H5ClO2/c1-25-12-14(22)10-13-11-15(8-9-20-13)26-19-7-6-18(21(23)24)16-4-2-3-5-17(16)19;16-15-9-10(7-8-17-15)21-14-6-5-13(18(19)20)11-3-1-2-4-12(11)14;1-6-2-3(4)5/h2-9,11H,10,12H2,1H3;1-9H,(H2,16,17);2H2,1H3. The highest BCUT2D eigenvalue weighted by Crippen LogP contribution is 2.36. The number of halogens is 1. The Morgan fingerprint density at radius 2 is 1.15 bits per heavy atom. The Kier molecular flexibility index (Phi) is 14.2. The minimum atomic E-state index is -0.461. The van der Waals surface area contributed by atoms with E-state index in [1.807, 2.05) is 0 Å². The van der Waals surface area contributed by atoms with Gasteiger partial charge < -0.3 is 24.7 Å². The molecule has 0 saturated carbocycles. The molecular weight excluding hydrogens is 710 g/mol. The summed E-state index contributed by atoms with van der Waals surface area (Å²) in [5, 5.41) is 24.1. The van der Waals surface area contributed by atoms with Crippen molar-refractivity contribution in [3.05, 3.63) is 135 Å². The van der Waals surface area contributed by atoms with Crippen LogP contribution in [0.15, 0.2) is 109 Å². The summed E-state index contributed by atoms with van der Waals surface area (Å²) in [4.78, 5) is 50.9. The van der Waals surface area contributed by atoms with E-state index in [4.69, 9.17) is 31.5 Å². The molecule has 0 aliphatic heterocycles. The van der Waals surface area contributed by atoms with Crippen LogP contribution in [0.2, 0.25) is 0 Å². The predicted octanol–water partition coefficient (Wildman–Crippen LogP) is 7.61. The number of hydrogen-bond acceptors (Lipinski definition) is 13. The molecule has 0 aliphatic rings. The molecule has 0 radical (unpaired) electrons. The van der Waals surface area contributed by atoms with Gasteiger partial charge in [0.25, 0.3) is 11.4 Å². The second-order valence-electron chi connectivity index (χ2n) is 10.8. The fourth-order valence-electron chi connectivity index (χ4n) is 4.90. The lowest BCUT2D eigenvalue weighted by Gasteiger charge is -2.10. The van der Waals surface area contributed by atoms with Gasteiger partial charge in [0.2, 0.25) is 5.24 Å². The molecule has 0 unspecified atom stereocenters. The summed E-state index contributed by atoms with van der Waals surface area (Å²) in [6.45, 7) is 0.0291. The SMILES string of the molecule is COCC(=O)Cc1cc(Oc2ccc([N+](=O)[O-])c3ccccc23)ccn1.COCC(=O)Cl.Nc1cc(Oc2ccc([N+](=O)[O-])c3ccccc23)ccn1. The lowest BCUT2D eigenvalue weighted by Crippen LogP contribution is -2.10. The second kappa shape index (κ2) is 19.2. The Morgan fingerprint density at radius 1 is 0.679 bits per heavy atom. The van der Waals surface area contributed by atoms with Crippen molar-refractivity contribution in [2.45, 2.75) is 6.42 Å². The molecule has 4 aromatic carbocycles. The van der Waals surface area contributed by atoms with E-state index in [0.717, 1.165) is 0 Å². The third kappa shape index (κ3) is 11.2. The van der Waals surface area contributed by atoms with Crippen LogP contribution in [-0.2, 0) is 25.5 Å². The number of rotatable bonds is 12. The Balaban J connectivity index is 0.000000209. The van der Waals surface area contributed by atoms with Crippen LogP contribution in [0.25, 0.3) is 21.5 Å². The Hall–Kier alpha value is -6.55. The molecule has 0 amide bonds. The van der Waals surface area contributed by atoms with Gasteiger partial charge in [-0.15, -0.1) is 0 Å². The van der Waals surface area contributed by atoms with Crippen LogP contribution in [0.4, 0.5) is 17.2 Å². The third-order valence-electron chi connectivity index (χ3n) is 7.05. The van der Waals surface area contributed by atoms with Crippen LogP contribution in [0.3, 0.4) is 0 Å². The Morgan fingerprint density at radius 3 is 1.58 bits per heavy atom. The topological polar surface area (TPSA) is 209 Å². The van der Waals surface area contributed by atoms with Crippen LogP contribution in [0.1, 0.15) is 5.69 Å². The van der Waals surface area contributed by atoms with Crippen LogP contribution < -0.4 is 15.2 Å². The number of methoxy groups -OCH3 is 2. The summed E-state index contributed by atoms with van der Waals surface area (Å²) in [6, 6.07) is 26.6. The monoisotopic (exact) mass is 741 g/mol. The van der Waals surface area contributed by atoms with Gasteiger partial charge in [-0.25, -0.2) is 4.98 Å². The first-order chi connectivity index (χ1) is 25.5. The Labute approximate surface area is 307 Å². The number of Topliss-reactive ketones (excluding diaryl/α,β-unsaturated/α-hetero) is 1. The van der Waals surface area contributed by atoms with E-state index in [-0.39, 0.29) is 36.8 Å². The van der Waals surface area contributed by atoms with E-state index in [1.54, 1.807) is 91.1 Å². The second-order valence-corrected chi connectivity index (χ2v) is 11.2. The lowest BCUT2D eigenvalue weighted by molar-refractivity contribution is -0.383. The number of aromatic nitrogens is 2. The minimum Gasteiger partial charge on any atom is -0.457 e. The highest BCUT2D eigenvalue weighted by Gasteiger charge is 2.16. The summed E-state index contributed by atoms with van der Waals surface area (Å²) in [5.74, 6) is 2.31. The number of ether oxygens (including phenoxy) is 4. The fraction of sp³-hybridized carbons (Fsp3) is 0.135. The van der Waals surface area contributed by atoms with Crippen LogP contribution in [-0.4, -0.2) is 58.3 Å². The molecule has 0 spiro atoms. The molecule has 0 fully saturated rings. The molecule has 16 heteroatoms. The van der Waals surface area contributed by atoms with Gasteiger partial charge in [0.15, 0.2) is 5.78 Å². The number of fused-ring (bicyclic) bond motifs is 2. The van der Waals surface area contributed by atoms with Crippen molar-refractivity contribution in [1.82, 2.24) is 9.97 Å². The molecule has 272 valence electrons. The Bertz CT molecular complexity index is 2250. The maximum atomic E-state index is 11.7. The molecule has 6 aromatic rings. The smallest absolute Gasteiger partial charge is 0.277 e. The molecule has 15 nitrogen and oxygen atoms in total.